The lowest BCUT2D eigenvalue weighted by molar-refractivity contribution is 0.148. The van der Waals surface area contributed by atoms with Gasteiger partial charge in [0.05, 0.1) is 16.8 Å². The molecule has 0 saturated carbocycles. The van der Waals surface area contributed by atoms with Crippen molar-refractivity contribution < 1.29 is 0 Å². The van der Waals surface area contributed by atoms with Gasteiger partial charge in [0.15, 0.2) is 5.65 Å². The first kappa shape index (κ1) is 21.5. The smallest absolute Gasteiger partial charge is 0.154 e. The van der Waals surface area contributed by atoms with Crippen LogP contribution in [0.25, 0.3) is 37.6 Å². The molecule has 3 aromatic heterocycles. The number of thiophene rings is 1. The van der Waals surface area contributed by atoms with Crippen LogP contribution >= 0.6 is 11.3 Å². The van der Waals surface area contributed by atoms with Gasteiger partial charge in [-0.2, -0.15) is 5.10 Å². The van der Waals surface area contributed by atoms with Crippen LogP contribution in [0.5, 0.6) is 0 Å². The van der Waals surface area contributed by atoms with Crippen molar-refractivity contribution in [1.29, 1.82) is 0 Å². The Labute approximate surface area is 204 Å². The normalized spacial score (nSPS) is 15.5. The second-order valence-electron chi connectivity index (χ2n) is 9.50. The van der Waals surface area contributed by atoms with E-state index >= 15 is 0 Å². The maximum atomic E-state index is 5.03. The summed E-state index contributed by atoms with van der Waals surface area (Å²) in [5.74, 6) is 0. The molecule has 6 rings (SSSR count). The van der Waals surface area contributed by atoms with E-state index < -0.39 is 0 Å². The summed E-state index contributed by atoms with van der Waals surface area (Å²) in [6.07, 6.45) is 1.94. The molecule has 6 heteroatoms. The van der Waals surface area contributed by atoms with E-state index in [0.29, 0.717) is 0 Å². The average molecular weight is 468 g/mol. The van der Waals surface area contributed by atoms with E-state index in [1.807, 2.05) is 10.7 Å². The van der Waals surface area contributed by atoms with Crippen molar-refractivity contribution in [2.75, 3.05) is 33.2 Å². The van der Waals surface area contributed by atoms with Crippen LogP contribution < -0.4 is 0 Å². The van der Waals surface area contributed by atoms with Gasteiger partial charge in [0.25, 0.3) is 0 Å². The molecule has 1 fully saturated rings. The van der Waals surface area contributed by atoms with Gasteiger partial charge >= 0.3 is 0 Å². The molecule has 2 aromatic carbocycles. The summed E-state index contributed by atoms with van der Waals surface area (Å²) >= 11 is 1.81. The Hall–Kier alpha value is -3.06. The second-order valence-corrected chi connectivity index (χ2v) is 10.6. The third-order valence-corrected chi connectivity index (χ3v) is 8.09. The summed E-state index contributed by atoms with van der Waals surface area (Å²) in [4.78, 5) is 10.8. The Bertz CT molecular complexity index is 1450. The minimum atomic E-state index is 0.872. The highest BCUT2D eigenvalue weighted by Crippen LogP contribution is 2.35. The molecule has 0 spiro atoms. The van der Waals surface area contributed by atoms with Crippen molar-refractivity contribution in [1.82, 2.24) is 24.4 Å². The Morgan fingerprint density at radius 1 is 0.912 bits per heavy atom. The zero-order valence-corrected chi connectivity index (χ0v) is 20.8. The zero-order chi connectivity index (χ0) is 23.2. The molecule has 1 aliphatic heterocycles. The number of nitrogens with zero attached hydrogens (tertiary/aromatic N) is 5. The molecule has 0 aliphatic carbocycles. The van der Waals surface area contributed by atoms with Crippen LogP contribution in [0.3, 0.4) is 0 Å². The lowest BCUT2D eigenvalue weighted by Crippen LogP contribution is -2.43. The lowest BCUT2D eigenvalue weighted by Gasteiger charge is -2.32. The van der Waals surface area contributed by atoms with Crippen LogP contribution in [-0.2, 0) is 6.54 Å². The standard InChI is InChI=1S/C28H29N5S/c1-19-13-23-16-27(34-26(23)14-20(19)2)25-17-29-28-8-7-24(30-33(25)28)22-6-4-5-21(15-22)18-32-11-9-31(3)10-12-32/h4-8,13-17H,9-12,18H2,1-3H3. The zero-order valence-electron chi connectivity index (χ0n) is 20.0. The molecule has 0 bridgehead atoms. The number of likely N-dealkylation sites (N-methyl/N-ethyl adjacent to an activating group) is 1. The largest absolute Gasteiger partial charge is 0.304 e. The van der Waals surface area contributed by atoms with Gasteiger partial charge in [-0.1, -0.05) is 24.3 Å². The fraction of sp³-hybridized carbons (Fsp3) is 0.286. The highest BCUT2D eigenvalue weighted by atomic mass is 32.1. The van der Waals surface area contributed by atoms with Crippen LogP contribution in [0, 0.1) is 13.8 Å². The van der Waals surface area contributed by atoms with Gasteiger partial charge in [-0.3, -0.25) is 4.90 Å². The van der Waals surface area contributed by atoms with Crippen LogP contribution in [-0.4, -0.2) is 57.6 Å². The van der Waals surface area contributed by atoms with Gasteiger partial charge in [0.1, 0.15) is 5.69 Å². The highest BCUT2D eigenvalue weighted by Gasteiger charge is 2.15. The number of hydrogen-bond acceptors (Lipinski definition) is 5. The van der Waals surface area contributed by atoms with Gasteiger partial charge in [-0.15, -0.1) is 11.3 Å². The summed E-state index contributed by atoms with van der Waals surface area (Å²) in [5, 5.41) is 6.31. The third-order valence-electron chi connectivity index (χ3n) is 6.97. The van der Waals surface area contributed by atoms with Crippen molar-refractivity contribution in [3.8, 4) is 21.8 Å². The first-order chi connectivity index (χ1) is 16.5. The quantitative estimate of drug-likeness (QED) is 0.343. The number of piperazine rings is 1. The lowest BCUT2D eigenvalue weighted by atomic mass is 10.1. The fourth-order valence-corrected chi connectivity index (χ4v) is 5.86. The maximum absolute atomic E-state index is 5.03. The Kier molecular flexibility index (Phi) is 5.44. The molecular weight excluding hydrogens is 438 g/mol. The number of fused-ring (bicyclic) bond motifs is 2. The van der Waals surface area contributed by atoms with Crippen molar-refractivity contribution in [3.05, 3.63) is 77.5 Å². The molecule has 172 valence electrons. The molecule has 34 heavy (non-hydrogen) atoms. The molecule has 5 aromatic rings. The minimum Gasteiger partial charge on any atom is -0.304 e. The molecular formula is C28H29N5S. The van der Waals surface area contributed by atoms with Crippen molar-refractivity contribution in [3.63, 3.8) is 0 Å². The maximum Gasteiger partial charge on any atom is 0.154 e. The first-order valence-electron chi connectivity index (χ1n) is 11.9. The molecule has 5 nitrogen and oxygen atoms in total. The van der Waals surface area contributed by atoms with Crippen molar-refractivity contribution >= 4 is 27.1 Å². The van der Waals surface area contributed by atoms with E-state index in [-0.39, 0.29) is 0 Å². The molecule has 0 unspecified atom stereocenters. The number of aromatic nitrogens is 3. The van der Waals surface area contributed by atoms with Gasteiger partial charge in [0.2, 0.25) is 0 Å². The third kappa shape index (κ3) is 4.02. The fourth-order valence-electron chi connectivity index (χ4n) is 4.72. The molecule has 0 radical (unpaired) electrons. The monoisotopic (exact) mass is 467 g/mol. The number of imidazole rings is 1. The Balaban J connectivity index is 1.34. The van der Waals surface area contributed by atoms with E-state index in [0.717, 1.165) is 55.3 Å². The SMILES string of the molecule is Cc1cc2cc(-c3cnc4ccc(-c5cccc(CN6CCN(C)CC6)c5)nn34)sc2cc1C. The summed E-state index contributed by atoms with van der Waals surface area (Å²) in [6, 6.07) is 19.8. The first-order valence-corrected chi connectivity index (χ1v) is 12.7. The number of hydrogen-bond donors (Lipinski definition) is 0. The van der Waals surface area contributed by atoms with Gasteiger partial charge in [-0.05, 0) is 73.3 Å². The van der Waals surface area contributed by atoms with Crippen molar-refractivity contribution in [2.24, 2.45) is 0 Å². The molecule has 4 heterocycles. The van der Waals surface area contributed by atoms with Crippen molar-refractivity contribution in [2.45, 2.75) is 20.4 Å². The molecule has 1 saturated heterocycles. The van der Waals surface area contributed by atoms with Crippen LogP contribution in [0.1, 0.15) is 16.7 Å². The Morgan fingerprint density at radius 2 is 1.74 bits per heavy atom. The minimum absolute atomic E-state index is 0.872. The van der Waals surface area contributed by atoms with E-state index in [9.17, 15) is 0 Å². The van der Waals surface area contributed by atoms with E-state index in [1.165, 1.54) is 31.7 Å². The highest BCUT2D eigenvalue weighted by molar-refractivity contribution is 7.22. The average Bonchev–Trinajstić information content (AvgIpc) is 3.44. The van der Waals surface area contributed by atoms with E-state index in [4.69, 9.17) is 5.10 Å². The predicted molar refractivity (Wildman–Crippen MR) is 141 cm³/mol. The second kappa shape index (κ2) is 8.62. The topological polar surface area (TPSA) is 36.7 Å². The summed E-state index contributed by atoms with van der Waals surface area (Å²) in [7, 11) is 2.20. The number of rotatable bonds is 4. The number of benzene rings is 2. The van der Waals surface area contributed by atoms with Gasteiger partial charge < -0.3 is 4.90 Å². The van der Waals surface area contributed by atoms with Gasteiger partial charge in [0, 0.05) is 43.0 Å². The molecule has 0 atom stereocenters. The van der Waals surface area contributed by atoms with E-state index in [2.05, 4.69) is 90.3 Å². The van der Waals surface area contributed by atoms with Crippen LogP contribution in [0.2, 0.25) is 0 Å². The van der Waals surface area contributed by atoms with Crippen LogP contribution in [0.4, 0.5) is 0 Å². The summed E-state index contributed by atoms with van der Waals surface area (Å²) < 4.78 is 3.30. The van der Waals surface area contributed by atoms with Crippen LogP contribution in [0.15, 0.2) is 60.8 Å². The van der Waals surface area contributed by atoms with Gasteiger partial charge in [-0.25, -0.2) is 9.50 Å². The molecule has 1 aliphatic rings. The number of aryl methyl sites for hydroxylation is 2. The Morgan fingerprint density at radius 3 is 2.59 bits per heavy atom. The summed E-state index contributed by atoms with van der Waals surface area (Å²) in [5.41, 5.74) is 8.03. The summed E-state index contributed by atoms with van der Waals surface area (Å²) in [6.45, 7) is 9.85. The van der Waals surface area contributed by atoms with E-state index in [1.54, 1.807) is 11.3 Å². The molecule has 0 N–H and O–H groups in total. The predicted octanol–water partition coefficient (Wildman–Crippen LogP) is 5.64. The molecule has 0 amide bonds.